The Bertz CT molecular complexity index is 1300. The number of nitrogens with zero attached hydrogens (tertiary/aromatic N) is 3. The standard InChI is InChI=1S/C23H19F4N5O/c1-13(33)6-15-7-18-17(12-31-22(18)30-11-15)8-16-3-5-20(32-21(16)24)29-10-14-2-4-19(28-9-14)23(25,26)27/h2-5,7,9,11-12H,6,8,10H2,1H3,(H,29,32)(H,30,31). The Hall–Kier alpha value is -3.82. The highest BCUT2D eigenvalue weighted by Crippen LogP contribution is 2.27. The number of nitrogens with one attached hydrogen (secondary N) is 2. The van der Waals surface area contributed by atoms with Gasteiger partial charge < -0.3 is 10.3 Å². The van der Waals surface area contributed by atoms with Crippen molar-refractivity contribution in [3.8, 4) is 0 Å². The van der Waals surface area contributed by atoms with E-state index in [1.807, 2.05) is 6.07 Å². The molecule has 0 saturated heterocycles. The minimum Gasteiger partial charge on any atom is -0.366 e. The molecule has 0 bridgehead atoms. The van der Waals surface area contributed by atoms with Crippen molar-refractivity contribution in [3.05, 3.63) is 82.8 Å². The van der Waals surface area contributed by atoms with Gasteiger partial charge in [0, 0.05) is 48.9 Å². The van der Waals surface area contributed by atoms with Crippen LogP contribution in [0, 0.1) is 5.95 Å². The van der Waals surface area contributed by atoms with Gasteiger partial charge in [-0.2, -0.15) is 17.6 Å². The van der Waals surface area contributed by atoms with Crippen LogP contribution in [0.4, 0.5) is 23.4 Å². The molecule has 0 amide bonds. The van der Waals surface area contributed by atoms with Gasteiger partial charge in [0.15, 0.2) is 0 Å². The van der Waals surface area contributed by atoms with Gasteiger partial charge in [-0.1, -0.05) is 12.1 Å². The fourth-order valence-electron chi connectivity index (χ4n) is 3.42. The molecule has 4 aromatic rings. The highest BCUT2D eigenvalue weighted by atomic mass is 19.4. The summed E-state index contributed by atoms with van der Waals surface area (Å²) >= 11 is 0. The third-order valence-electron chi connectivity index (χ3n) is 5.02. The molecule has 170 valence electrons. The van der Waals surface area contributed by atoms with Crippen molar-refractivity contribution in [2.24, 2.45) is 0 Å². The first-order chi connectivity index (χ1) is 15.7. The van der Waals surface area contributed by atoms with Crippen LogP contribution in [0.5, 0.6) is 0 Å². The first-order valence-electron chi connectivity index (χ1n) is 10.0. The number of anilines is 1. The number of aromatic nitrogens is 4. The second-order valence-electron chi connectivity index (χ2n) is 7.66. The van der Waals surface area contributed by atoms with E-state index in [1.165, 1.54) is 13.0 Å². The first-order valence-corrected chi connectivity index (χ1v) is 10.0. The summed E-state index contributed by atoms with van der Waals surface area (Å²) in [5, 5.41) is 3.69. The molecule has 33 heavy (non-hydrogen) atoms. The molecule has 0 atom stereocenters. The lowest BCUT2D eigenvalue weighted by Crippen LogP contribution is -2.09. The van der Waals surface area contributed by atoms with E-state index in [2.05, 4.69) is 25.3 Å². The number of alkyl halides is 3. The normalized spacial score (nSPS) is 11.7. The smallest absolute Gasteiger partial charge is 0.366 e. The van der Waals surface area contributed by atoms with Crippen molar-refractivity contribution in [1.29, 1.82) is 0 Å². The number of pyridine rings is 3. The van der Waals surface area contributed by atoms with E-state index >= 15 is 0 Å². The van der Waals surface area contributed by atoms with Gasteiger partial charge in [0.25, 0.3) is 0 Å². The number of H-pyrrole nitrogens is 1. The summed E-state index contributed by atoms with van der Waals surface area (Å²) in [7, 11) is 0. The van der Waals surface area contributed by atoms with Gasteiger partial charge in [0.05, 0.1) is 0 Å². The highest BCUT2D eigenvalue weighted by molar-refractivity contribution is 5.83. The fourth-order valence-corrected chi connectivity index (χ4v) is 3.42. The molecular formula is C23H19F4N5O. The molecule has 0 spiro atoms. The maximum Gasteiger partial charge on any atom is 0.433 e. The molecule has 0 fully saturated rings. The molecule has 4 rings (SSSR count). The van der Waals surface area contributed by atoms with Gasteiger partial charge in [-0.15, -0.1) is 0 Å². The number of hydrogen-bond donors (Lipinski definition) is 2. The Morgan fingerprint density at radius 1 is 1.06 bits per heavy atom. The first kappa shape index (κ1) is 22.4. The number of ketones is 1. The zero-order chi connectivity index (χ0) is 23.6. The number of aromatic amines is 1. The fraction of sp³-hybridized carbons (Fsp3) is 0.217. The van der Waals surface area contributed by atoms with Crippen LogP contribution in [0.2, 0.25) is 0 Å². The van der Waals surface area contributed by atoms with E-state index in [1.54, 1.807) is 24.5 Å². The van der Waals surface area contributed by atoms with Crippen molar-refractivity contribution >= 4 is 22.6 Å². The van der Waals surface area contributed by atoms with Crippen molar-refractivity contribution in [3.63, 3.8) is 0 Å². The number of carbonyl (C=O) groups is 1. The van der Waals surface area contributed by atoms with E-state index in [0.29, 0.717) is 16.8 Å². The van der Waals surface area contributed by atoms with Gasteiger partial charge >= 0.3 is 6.18 Å². The summed E-state index contributed by atoms with van der Waals surface area (Å²) in [4.78, 5) is 26.1. The lowest BCUT2D eigenvalue weighted by Gasteiger charge is -2.09. The maximum atomic E-state index is 14.6. The van der Waals surface area contributed by atoms with Crippen molar-refractivity contribution in [2.75, 3.05) is 5.32 Å². The molecule has 10 heteroatoms. The highest BCUT2D eigenvalue weighted by Gasteiger charge is 2.31. The number of hydrogen-bond acceptors (Lipinski definition) is 5. The summed E-state index contributed by atoms with van der Waals surface area (Å²) < 4.78 is 52.4. The molecule has 4 aromatic heterocycles. The monoisotopic (exact) mass is 457 g/mol. The van der Waals surface area contributed by atoms with Gasteiger partial charge in [-0.25, -0.2) is 9.97 Å². The second kappa shape index (κ2) is 8.97. The molecule has 0 aliphatic carbocycles. The minimum absolute atomic E-state index is 0.0265. The van der Waals surface area contributed by atoms with E-state index in [0.717, 1.165) is 28.8 Å². The van der Waals surface area contributed by atoms with Gasteiger partial charge in [-0.3, -0.25) is 9.78 Å². The predicted molar refractivity (Wildman–Crippen MR) is 114 cm³/mol. The largest absolute Gasteiger partial charge is 0.433 e. The third kappa shape index (κ3) is 5.33. The van der Waals surface area contributed by atoms with E-state index in [4.69, 9.17) is 0 Å². The van der Waals surface area contributed by atoms with Crippen molar-refractivity contribution in [2.45, 2.75) is 32.5 Å². The molecule has 0 aliphatic heterocycles. The number of rotatable bonds is 7. The molecule has 0 radical (unpaired) electrons. The zero-order valence-corrected chi connectivity index (χ0v) is 17.5. The number of fused-ring (bicyclic) bond motifs is 1. The molecule has 0 unspecified atom stereocenters. The maximum absolute atomic E-state index is 14.6. The Morgan fingerprint density at radius 2 is 1.85 bits per heavy atom. The molecule has 0 aromatic carbocycles. The Labute approximate surface area is 186 Å². The topological polar surface area (TPSA) is 83.6 Å². The second-order valence-corrected chi connectivity index (χ2v) is 7.66. The Morgan fingerprint density at radius 3 is 2.52 bits per heavy atom. The van der Waals surface area contributed by atoms with Crippen LogP contribution in [0.15, 0.2) is 48.9 Å². The zero-order valence-electron chi connectivity index (χ0n) is 17.5. The quantitative estimate of drug-likeness (QED) is 0.306. The molecule has 2 N–H and O–H groups in total. The average molecular weight is 457 g/mol. The summed E-state index contributed by atoms with van der Waals surface area (Å²) in [5.41, 5.74) is 2.15. The van der Waals surface area contributed by atoms with E-state index in [-0.39, 0.29) is 31.0 Å². The average Bonchev–Trinajstić information content (AvgIpc) is 3.15. The predicted octanol–water partition coefficient (Wildman–Crippen LogP) is 4.85. The van der Waals surface area contributed by atoms with Crippen molar-refractivity contribution in [1.82, 2.24) is 19.9 Å². The van der Waals surface area contributed by atoms with Crippen LogP contribution < -0.4 is 5.32 Å². The molecule has 6 nitrogen and oxygen atoms in total. The molecule has 4 heterocycles. The Kier molecular flexibility index (Phi) is 6.08. The van der Waals surface area contributed by atoms with Gasteiger partial charge in [0.1, 0.15) is 22.9 Å². The van der Waals surface area contributed by atoms with Crippen LogP contribution >= 0.6 is 0 Å². The van der Waals surface area contributed by atoms with E-state index in [9.17, 15) is 22.4 Å². The van der Waals surface area contributed by atoms with Crippen LogP contribution in [0.25, 0.3) is 11.0 Å². The lowest BCUT2D eigenvalue weighted by molar-refractivity contribution is -0.141. The minimum atomic E-state index is -4.50. The Balaban J connectivity index is 1.45. The summed E-state index contributed by atoms with van der Waals surface area (Å²) in [6, 6.07) is 7.27. The van der Waals surface area contributed by atoms with Crippen LogP contribution in [-0.4, -0.2) is 25.7 Å². The molecule has 0 saturated carbocycles. The van der Waals surface area contributed by atoms with Crippen LogP contribution in [0.3, 0.4) is 0 Å². The third-order valence-corrected chi connectivity index (χ3v) is 5.02. The summed E-state index contributed by atoms with van der Waals surface area (Å²) in [5.74, 6) is -0.383. The number of Topliss-reactive ketones (excluding diaryl/α,β-unsaturated/α-hetero) is 1. The van der Waals surface area contributed by atoms with Crippen LogP contribution in [-0.2, 0) is 30.4 Å². The SMILES string of the molecule is CC(=O)Cc1cnc2[nH]cc(Cc3ccc(NCc4ccc(C(F)(F)F)nc4)nc3F)c2c1. The van der Waals surface area contributed by atoms with Crippen molar-refractivity contribution < 1.29 is 22.4 Å². The molecule has 0 aliphatic rings. The number of halogens is 4. The lowest BCUT2D eigenvalue weighted by atomic mass is 10.0. The summed E-state index contributed by atoms with van der Waals surface area (Å²) in [6.07, 6.45) is 0.553. The van der Waals surface area contributed by atoms with Crippen LogP contribution in [0.1, 0.15) is 34.9 Å². The number of carbonyl (C=O) groups excluding carboxylic acids is 1. The molecular weight excluding hydrogens is 438 g/mol. The van der Waals surface area contributed by atoms with Gasteiger partial charge in [0.2, 0.25) is 5.95 Å². The van der Waals surface area contributed by atoms with E-state index < -0.39 is 17.8 Å². The van der Waals surface area contributed by atoms with Gasteiger partial charge in [-0.05, 0) is 41.8 Å². The summed E-state index contributed by atoms with van der Waals surface area (Å²) in [6.45, 7) is 1.65.